The highest BCUT2D eigenvalue weighted by atomic mass is 19.1. The van der Waals surface area contributed by atoms with Gasteiger partial charge in [-0.25, -0.2) is 4.39 Å². The van der Waals surface area contributed by atoms with E-state index in [4.69, 9.17) is 0 Å². The predicted octanol–water partition coefficient (Wildman–Crippen LogP) is 4.03. The van der Waals surface area contributed by atoms with Crippen LogP contribution in [-0.2, 0) is 6.42 Å². The molecule has 0 aliphatic carbocycles. The first-order valence-electron chi connectivity index (χ1n) is 7.01. The van der Waals surface area contributed by atoms with Gasteiger partial charge in [-0.15, -0.1) is 0 Å². The molecule has 0 aromatic heterocycles. The molecule has 1 unspecified atom stereocenters. The molecule has 0 aliphatic heterocycles. The van der Waals surface area contributed by atoms with Gasteiger partial charge in [0.2, 0.25) is 0 Å². The van der Waals surface area contributed by atoms with Gasteiger partial charge in [-0.05, 0) is 56.0 Å². The Hall–Kier alpha value is -0.890. The van der Waals surface area contributed by atoms with Crippen LogP contribution in [0.1, 0.15) is 38.7 Å². The molecule has 0 amide bonds. The van der Waals surface area contributed by atoms with E-state index in [0.717, 1.165) is 18.9 Å². The molecule has 18 heavy (non-hydrogen) atoms. The van der Waals surface area contributed by atoms with E-state index < -0.39 is 0 Å². The van der Waals surface area contributed by atoms with Crippen molar-refractivity contribution in [2.24, 2.45) is 11.8 Å². The van der Waals surface area contributed by atoms with E-state index in [1.54, 1.807) is 12.1 Å². The minimum atomic E-state index is -0.149. The van der Waals surface area contributed by atoms with Gasteiger partial charge in [0.1, 0.15) is 5.82 Å². The number of rotatable bonds is 8. The molecule has 0 saturated heterocycles. The first-order chi connectivity index (χ1) is 8.61. The Morgan fingerprint density at radius 3 is 2.33 bits per heavy atom. The summed E-state index contributed by atoms with van der Waals surface area (Å²) in [6, 6.07) is 6.92. The fraction of sp³-hybridized carbons (Fsp3) is 0.625. The van der Waals surface area contributed by atoms with Gasteiger partial charge in [-0.2, -0.15) is 0 Å². The third kappa shape index (κ3) is 6.15. The highest BCUT2D eigenvalue weighted by molar-refractivity contribution is 5.16. The average Bonchev–Trinajstić information content (AvgIpc) is 2.32. The molecule has 0 fully saturated rings. The summed E-state index contributed by atoms with van der Waals surface area (Å²) in [5.41, 5.74) is 1.24. The zero-order valence-corrected chi connectivity index (χ0v) is 11.9. The number of hydrogen-bond acceptors (Lipinski definition) is 1. The summed E-state index contributed by atoms with van der Waals surface area (Å²) in [5, 5.41) is 3.26. The van der Waals surface area contributed by atoms with E-state index in [1.165, 1.54) is 24.8 Å². The Bertz CT molecular complexity index is 318. The summed E-state index contributed by atoms with van der Waals surface area (Å²) in [7, 11) is 2.00. The fourth-order valence-electron chi connectivity index (χ4n) is 2.33. The summed E-state index contributed by atoms with van der Waals surface area (Å²) < 4.78 is 12.9. The molecule has 1 aromatic rings. The summed E-state index contributed by atoms with van der Waals surface area (Å²) in [6.07, 6.45) is 4.87. The maximum absolute atomic E-state index is 12.9. The van der Waals surface area contributed by atoms with Gasteiger partial charge in [0.15, 0.2) is 0 Å². The summed E-state index contributed by atoms with van der Waals surface area (Å²) >= 11 is 0. The molecule has 0 saturated carbocycles. The first-order valence-corrected chi connectivity index (χ1v) is 7.01. The highest BCUT2D eigenvalue weighted by Gasteiger charge is 2.09. The molecule has 1 aromatic carbocycles. The van der Waals surface area contributed by atoms with Crippen molar-refractivity contribution in [3.63, 3.8) is 0 Å². The van der Waals surface area contributed by atoms with Crippen LogP contribution in [0.2, 0.25) is 0 Å². The van der Waals surface area contributed by atoms with Gasteiger partial charge >= 0.3 is 0 Å². The van der Waals surface area contributed by atoms with Gasteiger partial charge in [-0.1, -0.05) is 38.8 Å². The van der Waals surface area contributed by atoms with Crippen LogP contribution in [0.3, 0.4) is 0 Å². The van der Waals surface area contributed by atoms with Crippen molar-refractivity contribution in [2.75, 3.05) is 13.6 Å². The van der Waals surface area contributed by atoms with E-state index in [-0.39, 0.29) is 5.82 Å². The summed E-state index contributed by atoms with van der Waals surface area (Å²) in [4.78, 5) is 0. The van der Waals surface area contributed by atoms with E-state index in [0.29, 0.717) is 5.92 Å². The second kappa shape index (κ2) is 8.25. The first kappa shape index (κ1) is 15.2. The molecule has 1 N–H and O–H groups in total. The molecule has 1 atom stereocenters. The predicted molar refractivity (Wildman–Crippen MR) is 76.2 cm³/mol. The molecule has 0 spiro atoms. The summed E-state index contributed by atoms with van der Waals surface area (Å²) in [6.45, 7) is 5.58. The topological polar surface area (TPSA) is 12.0 Å². The van der Waals surface area contributed by atoms with Crippen molar-refractivity contribution in [2.45, 2.75) is 39.5 Å². The largest absolute Gasteiger partial charge is 0.319 e. The Kier molecular flexibility index (Phi) is 6.96. The molecular formula is C16H26FN. The van der Waals surface area contributed by atoms with Crippen LogP contribution in [0.5, 0.6) is 0 Å². The lowest BCUT2D eigenvalue weighted by atomic mass is 9.92. The van der Waals surface area contributed by atoms with Gasteiger partial charge in [0, 0.05) is 0 Å². The van der Waals surface area contributed by atoms with Gasteiger partial charge in [0.25, 0.3) is 0 Å². The van der Waals surface area contributed by atoms with Gasteiger partial charge < -0.3 is 5.32 Å². The molecule has 0 aliphatic rings. The SMILES string of the molecule is CNCC(CCCC(C)C)Cc1ccc(F)cc1. The quantitative estimate of drug-likeness (QED) is 0.735. The third-order valence-corrected chi connectivity index (χ3v) is 3.32. The Labute approximate surface area is 111 Å². The van der Waals surface area contributed by atoms with Crippen LogP contribution in [0, 0.1) is 17.7 Å². The molecule has 0 bridgehead atoms. The molecule has 2 heteroatoms. The number of benzene rings is 1. The van der Waals surface area contributed by atoms with Crippen molar-refractivity contribution in [3.8, 4) is 0 Å². The summed E-state index contributed by atoms with van der Waals surface area (Å²) in [5.74, 6) is 1.29. The lowest BCUT2D eigenvalue weighted by Gasteiger charge is -2.17. The van der Waals surface area contributed by atoms with E-state index in [9.17, 15) is 4.39 Å². The zero-order valence-electron chi connectivity index (χ0n) is 11.9. The van der Waals surface area contributed by atoms with Crippen LogP contribution >= 0.6 is 0 Å². The lowest BCUT2D eigenvalue weighted by molar-refractivity contribution is 0.417. The van der Waals surface area contributed by atoms with Crippen LogP contribution in [0.4, 0.5) is 4.39 Å². The van der Waals surface area contributed by atoms with Crippen LogP contribution in [0.15, 0.2) is 24.3 Å². The smallest absolute Gasteiger partial charge is 0.123 e. The minimum absolute atomic E-state index is 0.149. The monoisotopic (exact) mass is 251 g/mol. The Morgan fingerprint density at radius 1 is 1.11 bits per heavy atom. The van der Waals surface area contributed by atoms with Crippen molar-refractivity contribution >= 4 is 0 Å². The van der Waals surface area contributed by atoms with Crippen LogP contribution in [0.25, 0.3) is 0 Å². The number of halogens is 1. The number of hydrogen-bond donors (Lipinski definition) is 1. The fourth-order valence-corrected chi connectivity index (χ4v) is 2.33. The molecule has 0 heterocycles. The minimum Gasteiger partial charge on any atom is -0.319 e. The third-order valence-electron chi connectivity index (χ3n) is 3.32. The van der Waals surface area contributed by atoms with Crippen LogP contribution in [-0.4, -0.2) is 13.6 Å². The van der Waals surface area contributed by atoms with Gasteiger partial charge in [-0.3, -0.25) is 0 Å². The number of nitrogens with one attached hydrogen (secondary N) is 1. The highest BCUT2D eigenvalue weighted by Crippen LogP contribution is 2.17. The Morgan fingerprint density at radius 2 is 1.78 bits per heavy atom. The molecular weight excluding hydrogens is 225 g/mol. The molecule has 1 rings (SSSR count). The lowest BCUT2D eigenvalue weighted by Crippen LogP contribution is -2.21. The van der Waals surface area contributed by atoms with E-state index in [2.05, 4.69) is 19.2 Å². The Balaban J connectivity index is 2.43. The van der Waals surface area contributed by atoms with Crippen molar-refractivity contribution in [1.29, 1.82) is 0 Å². The average molecular weight is 251 g/mol. The molecule has 102 valence electrons. The molecule has 1 nitrogen and oxygen atoms in total. The zero-order chi connectivity index (χ0) is 13.4. The van der Waals surface area contributed by atoms with Crippen LogP contribution < -0.4 is 5.32 Å². The maximum atomic E-state index is 12.9. The van der Waals surface area contributed by atoms with Crippen molar-refractivity contribution in [1.82, 2.24) is 5.32 Å². The normalized spacial score (nSPS) is 12.9. The van der Waals surface area contributed by atoms with E-state index >= 15 is 0 Å². The van der Waals surface area contributed by atoms with Crippen molar-refractivity contribution < 1.29 is 4.39 Å². The van der Waals surface area contributed by atoms with Gasteiger partial charge in [0.05, 0.1) is 0 Å². The standard InChI is InChI=1S/C16H26FN/c1-13(2)5-4-6-15(12-18-3)11-14-7-9-16(17)10-8-14/h7-10,13,15,18H,4-6,11-12H2,1-3H3. The second-order valence-electron chi connectivity index (χ2n) is 5.58. The second-order valence-corrected chi connectivity index (χ2v) is 5.58. The van der Waals surface area contributed by atoms with Crippen molar-refractivity contribution in [3.05, 3.63) is 35.6 Å². The van der Waals surface area contributed by atoms with E-state index in [1.807, 2.05) is 19.2 Å². The maximum Gasteiger partial charge on any atom is 0.123 e. The molecule has 0 radical (unpaired) electrons.